The van der Waals surface area contributed by atoms with E-state index in [2.05, 4.69) is 20.9 Å². The predicted octanol–water partition coefficient (Wildman–Crippen LogP) is 2.10. The average Bonchev–Trinajstić information content (AvgIpc) is 3.09. The van der Waals surface area contributed by atoms with Crippen LogP contribution in [0.3, 0.4) is 0 Å². The molecule has 0 aliphatic heterocycles. The molecule has 0 aliphatic carbocycles. The van der Waals surface area contributed by atoms with Gasteiger partial charge in [0.25, 0.3) is 0 Å². The Kier molecular flexibility index (Phi) is 5.91. The summed E-state index contributed by atoms with van der Waals surface area (Å²) in [7, 11) is 0. The number of carboxylic acid groups (broad SMARTS) is 1. The van der Waals surface area contributed by atoms with E-state index in [1.54, 1.807) is 30.5 Å². The van der Waals surface area contributed by atoms with E-state index < -0.39 is 23.9 Å². The largest absolute Gasteiger partial charge is 0.480 e. The summed E-state index contributed by atoms with van der Waals surface area (Å²) in [6, 6.07) is 14.5. The van der Waals surface area contributed by atoms with Crippen LogP contribution in [0.2, 0.25) is 0 Å². The van der Waals surface area contributed by atoms with E-state index in [-0.39, 0.29) is 13.0 Å². The number of para-hydroxylation sites is 2. The van der Waals surface area contributed by atoms with E-state index in [1.165, 1.54) is 0 Å². The first kappa shape index (κ1) is 19.0. The number of hydrogen-bond donors (Lipinski definition) is 5. The lowest BCUT2D eigenvalue weighted by atomic mass is 10.1. The molecule has 0 saturated heterocycles. The van der Waals surface area contributed by atoms with Crippen molar-refractivity contribution >= 4 is 34.5 Å². The number of aliphatic carboxylic acids is 1. The van der Waals surface area contributed by atoms with E-state index >= 15 is 0 Å². The van der Waals surface area contributed by atoms with E-state index in [1.807, 2.05) is 30.3 Å². The van der Waals surface area contributed by atoms with E-state index in [0.717, 1.165) is 16.5 Å². The highest BCUT2D eigenvalue weighted by Gasteiger charge is 2.22. The summed E-state index contributed by atoms with van der Waals surface area (Å²) < 4.78 is 0. The molecule has 1 aromatic heterocycles. The highest BCUT2D eigenvalue weighted by atomic mass is 16.4. The molecule has 0 unspecified atom stereocenters. The van der Waals surface area contributed by atoms with Gasteiger partial charge in [-0.25, -0.2) is 9.59 Å². The number of rotatable bonds is 7. The summed E-state index contributed by atoms with van der Waals surface area (Å²) in [4.78, 5) is 38.5. The lowest BCUT2D eigenvalue weighted by Gasteiger charge is -2.15. The lowest BCUT2D eigenvalue weighted by molar-refractivity contribution is -0.139. The molecule has 28 heavy (non-hydrogen) atoms. The van der Waals surface area contributed by atoms with Crippen molar-refractivity contribution in [1.29, 1.82) is 0 Å². The Morgan fingerprint density at radius 1 is 1.00 bits per heavy atom. The molecular formula is C20H20N4O4. The van der Waals surface area contributed by atoms with Gasteiger partial charge in [-0.3, -0.25) is 4.79 Å². The molecule has 3 aromatic rings. The Hall–Kier alpha value is -3.81. The number of fused-ring (bicyclic) bond motifs is 1. The zero-order chi connectivity index (χ0) is 19.9. The normalized spacial score (nSPS) is 11.6. The first-order valence-electron chi connectivity index (χ1n) is 8.70. The summed E-state index contributed by atoms with van der Waals surface area (Å²) >= 11 is 0. The van der Waals surface area contributed by atoms with Crippen LogP contribution in [0, 0.1) is 0 Å². The van der Waals surface area contributed by atoms with Gasteiger partial charge < -0.3 is 26.0 Å². The molecule has 0 radical (unpaired) electrons. The van der Waals surface area contributed by atoms with Crippen molar-refractivity contribution in [2.24, 2.45) is 0 Å². The molecule has 0 aliphatic rings. The van der Waals surface area contributed by atoms with Gasteiger partial charge in [0, 0.05) is 29.2 Å². The Balaban J connectivity index is 1.54. The van der Waals surface area contributed by atoms with Crippen LogP contribution in [0.5, 0.6) is 0 Å². The summed E-state index contributed by atoms with van der Waals surface area (Å²) in [5.41, 5.74) is 2.28. The van der Waals surface area contributed by atoms with Crippen molar-refractivity contribution in [3.63, 3.8) is 0 Å². The van der Waals surface area contributed by atoms with Crippen molar-refractivity contribution < 1.29 is 19.5 Å². The van der Waals surface area contributed by atoms with Crippen LogP contribution in [-0.4, -0.2) is 40.6 Å². The maximum absolute atomic E-state index is 12.0. The monoisotopic (exact) mass is 380 g/mol. The van der Waals surface area contributed by atoms with Gasteiger partial charge in [0.15, 0.2) is 0 Å². The number of hydrogen-bond acceptors (Lipinski definition) is 3. The number of carbonyl (C=O) groups is 3. The molecule has 144 valence electrons. The average molecular weight is 380 g/mol. The number of anilines is 1. The van der Waals surface area contributed by atoms with Gasteiger partial charge in [0.2, 0.25) is 5.91 Å². The fourth-order valence-electron chi connectivity index (χ4n) is 2.82. The number of aromatic nitrogens is 1. The second-order valence-electron chi connectivity index (χ2n) is 6.20. The van der Waals surface area contributed by atoms with Crippen LogP contribution in [0.15, 0.2) is 60.8 Å². The van der Waals surface area contributed by atoms with Crippen LogP contribution in [0.25, 0.3) is 10.9 Å². The molecule has 3 amide bonds. The van der Waals surface area contributed by atoms with E-state index in [0.29, 0.717) is 5.69 Å². The summed E-state index contributed by atoms with van der Waals surface area (Å²) in [5.74, 6) is -1.57. The van der Waals surface area contributed by atoms with Crippen molar-refractivity contribution in [2.45, 2.75) is 12.5 Å². The number of amides is 3. The molecule has 8 nitrogen and oxygen atoms in total. The molecule has 0 spiro atoms. The SMILES string of the molecule is O=C(CNC(=O)N[C@H](Cc1c[nH]c2ccccc12)C(=O)O)Nc1ccccc1. The minimum absolute atomic E-state index is 0.114. The van der Waals surface area contributed by atoms with Gasteiger partial charge in [-0.1, -0.05) is 36.4 Å². The highest BCUT2D eigenvalue weighted by molar-refractivity contribution is 5.94. The van der Waals surface area contributed by atoms with Gasteiger partial charge in [0.1, 0.15) is 6.04 Å². The smallest absolute Gasteiger partial charge is 0.326 e. The van der Waals surface area contributed by atoms with Crippen LogP contribution in [0.1, 0.15) is 5.56 Å². The number of carbonyl (C=O) groups excluding carboxylic acids is 2. The molecular weight excluding hydrogens is 360 g/mol. The quantitative estimate of drug-likeness (QED) is 0.431. The van der Waals surface area contributed by atoms with Gasteiger partial charge >= 0.3 is 12.0 Å². The number of benzene rings is 2. The Labute approximate surface area is 160 Å². The maximum atomic E-state index is 12.0. The van der Waals surface area contributed by atoms with Crippen LogP contribution >= 0.6 is 0 Å². The molecule has 0 saturated carbocycles. The zero-order valence-electron chi connectivity index (χ0n) is 14.9. The number of aromatic amines is 1. The Morgan fingerprint density at radius 2 is 1.71 bits per heavy atom. The fourth-order valence-corrected chi connectivity index (χ4v) is 2.82. The number of carboxylic acids is 1. The van der Waals surface area contributed by atoms with Crippen molar-refractivity contribution in [2.75, 3.05) is 11.9 Å². The standard InChI is InChI=1S/C20H20N4O4/c25-18(23-14-6-2-1-3-7-14)12-22-20(28)24-17(19(26)27)10-13-11-21-16-9-5-4-8-15(13)16/h1-9,11,17,21H,10,12H2,(H,23,25)(H,26,27)(H2,22,24,28)/t17-/m1/s1. The molecule has 8 heteroatoms. The predicted molar refractivity (Wildman–Crippen MR) is 105 cm³/mol. The Morgan fingerprint density at radius 3 is 2.46 bits per heavy atom. The van der Waals surface area contributed by atoms with Crippen molar-refractivity contribution in [3.8, 4) is 0 Å². The second-order valence-corrected chi connectivity index (χ2v) is 6.20. The molecule has 0 bridgehead atoms. The topological polar surface area (TPSA) is 123 Å². The molecule has 1 atom stereocenters. The van der Waals surface area contributed by atoms with Crippen molar-refractivity contribution in [3.05, 3.63) is 66.4 Å². The van der Waals surface area contributed by atoms with Crippen LogP contribution in [0.4, 0.5) is 10.5 Å². The second kappa shape index (κ2) is 8.72. The Bertz CT molecular complexity index is 984. The molecule has 1 heterocycles. The highest BCUT2D eigenvalue weighted by Crippen LogP contribution is 2.19. The molecule has 2 aromatic carbocycles. The van der Waals surface area contributed by atoms with Gasteiger partial charge in [-0.2, -0.15) is 0 Å². The summed E-state index contributed by atoms with van der Waals surface area (Å²) in [6.45, 7) is -0.278. The summed E-state index contributed by atoms with van der Waals surface area (Å²) in [6.07, 6.45) is 1.84. The number of nitrogens with one attached hydrogen (secondary N) is 4. The van der Waals surface area contributed by atoms with E-state index in [4.69, 9.17) is 0 Å². The molecule has 5 N–H and O–H groups in total. The fraction of sp³-hybridized carbons (Fsp3) is 0.150. The van der Waals surface area contributed by atoms with Crippen LogP contribution < -0.4 is 16.0 Å². The van der Waals surface area contributed by atoms with Gasteiger partial charge in [-0.05, 0) is 23.8 Å². The minimum Gasteiger partial charge on any atom is -0.480 e. The zero-order valence-corrected chi connectivity index (χ0v) is 14.9. The van der Waals surface area contributed by atoms with Crippen molar-refractivity contribution in [1.82, 2.24) is 15.6 Å². The molecule has 0 fully saturated rings. The first-order chi connectivity index (χ1) is 13.5. The molecule has 3 rings (SSSR count). The number of H-pyrrole nitrogens is 1. The lowest BCUT2D eigenvalue weighted by Crippen LogP contribution is -2.48. The van der Waals surface area contributed by atoms with E-state index in [9.17, 15) is 19.5 Å². The third kappa shape index (κ3) is 4.88. The van der Waals surface area contributed by atoms with Gasteiger partial charge in [-0.15, -0.1) is 0 Å². The van der Waals surface area contributed by atoms with Gasteiger partial charge in [0.05, 0.1) is 6.54 Å². The summed E-state index contributed by atoms with van der Waals surface area (Å²) in [5, 5.41) is 17.7. The maximum Gasteiger partial charge on any atom is 0.326 e. The number of urea groups is 1. The third-order valence-electron chi connectivity index (χ3n) is 4.17. The van der Waals surface area contributed by atoms with Crippen LogP contribution in [-0.2, 0) is 16.0 Å². The third-order valence-corrected chi connectivity index (χ3v) is 4.17. The minimum atomic E-state index is -1.16. The first-order valence-corrected chi connectivity index (χ1v) is 8.70.